The summed E-state index contributed by atoms with van der Waals surface area (Å²) in [5, 5.41) is 0.774. The monoisotopic (exact) mass is 251 g/mol. The number of rotatable bonds is 5. The van der Waals surface area contributed by atoms with Crippen molar-refractivity contribution < 1.29 is 8.42 Å². The minimum absolute atomic E-state index is 0.282. The Hall–Kier alpha value is 0.260. The lowest BCUT2D eigenvalue weighted by Crippen LogP contribution is -2.33. The van der Waals surface area contributed by atoms with Gasteiger partial charge in [0.1, 0.15) is 9.84 Å². The minimum Gasteiger partial charge on any atom is -0.302 e. The molecule has 0 radical (unpaired) electrons. The van der Waals surface area contributed by atoms with Gasteiger partial charge in [-0.25, -0.2) is 8.42 Å². The molecule has 1 aliphatic carbocycles. The van der Waals surface area contributed by atoms with Crippen molar-refractivity contribution in [3.63, 3.8) is 0 Å². The van der Waals surface area contributed by atoms with E-state index < -0.39 is 9.84 Å². The Bertz CT molecular complexity index is 290. The molecule has 1 saturated carbocycles. The Morgan fingerprint density at radius 3 is 2.53 bits per heavy atom. The molecule has 0 saturated heterocycles. The van der Waals surface area contributed by atoms with Crippen molar-refractivity contribution in [2.45, 2.75) is 30.6 Å². The largest absolute Gasteiger partial charge is 0.302 e. The second-order valence-electron chi connectivity index (χ2n) is 4.44. The van der Waals surface area contributed by atoms with E-state index in [1.807, 2.05) is 18.8 Å². The first-order chi connectivity index (χ1) is 6.92. The summed E-state index contributed by atoms with van der Waals surface area (Å²) in [5.41, 5.74) is 0. The van der Waals surface area contributed by atoms with Crippen LogP contribution in [-0.2, 0) is 9.84 Å². The molecule has 15 heavy (non-hydrogen) atoms. The zero-order valence-electron chi connectivity index (χ0n) is 9.77. The Morgan fingerprint density at radius 2 is 2.07 bits per heavy atom. The Balaban J connectivity index is 2.32. The third-order valence-corrected chi connectivity index (χ3v) is 5.15. The lowest BCUT2D eigenvalue weighted by Gasteiger charge is -2.23. The third-order valence-electron chi connectivity index (χ3n) is 3.13. The van der Waals surface area contributed by atoms with Crippen molar-refractivity contribution in [3.8, 4) is 0 Å². The summed E-state index contributed by atoms with van der Waals surface area (Å²) in [7, 11) is -0.774. The molecule has 1 rings (SSSR count). The summed E-state index contributed by atoms with van der Waals surface area (Å²) in [4.78, 5) is 2.21. The van der Waals surface area contributed by atoms with E-state index in [1.165, 1.54) is 25.5 Å². The van der Waals surface area contributed by atoms with Crippen LogP contribution in [0.25, 0.3) is 0 Å². The molecule has 0 heterocycles. The Labute approximate surface area is 97.5 Å². The standard InChI is InChI=1S/C10H21NO2S2/c1-11(6-7-15(3,12)13)9-4-5-10(8-9)14-2/h9-10H,4-8H2,1-3H3/t9-,10-/m1/s1. The molecule has 0 aromatic rings. The van der Waals surface area contributed by atoms with Crippen molar-refractivity contribution in [2.75, 3.05) is 31.9 Å². The number of hydrogen-bond donors (Lipinski definition) is 0. The van der Waals surface area contributed by atoms with Crippen LogP contribution in [0.2, 0.25) is 0 Å². The van der Waals surface area contributed by atoms with Gasteiger partial charge in [-0.05, 0) is 32.6 Å². The Morgan fingerprint density at radius 1 is 1.40 bits per heavy atom. The van der Waals surface area contributed by atoms with Gasteiger partial charge in [-0.15, -0.1) is 0 Å². The average molecular weight is 251 g/mol. The van der Waals surface area contributed by atoms with E-state index in [4.69, 9.17) is 0 Å². The number of thioether (sulfide) groups is 1. The van der Waals surface area contributed by atoms with Crippen LogP contribution in [-0.4, -0.2) is 56.5 Å². The quantitative estimate of drug-likeness (QED) is 0.737. The van der Waals surface area contributed by atoms with E-state index in [0.717, 1.165) is 5.25 Å². The summed E-state index contributed by atoms with van der Waals surface area (Å²) >= 11 is 1.93. The maximum atomic E-state index is 11.0. The Kier molecular flexibility index (Phi) is 4.93. The van der Waals surface area contributed by atoms with Gasteiger partial charge in [0.15, 0.2) is 0 Å². The smallest absolute Gasteiger partial charge is 0.148 e. The van der Waals surface area contributed by atoms with Gasteiger partial charge < -0.3 is 4.90 Å². The fourth-order valence-electron chi connectivity index (χ4n) is 2.02. The van der Waals surface area contributed by atoms with Crippen LogP contribution in [0, 0.1) is 0 Å². The maximum absolute atomic E-state index is 11.0. The van der Waals surface area contributed by atoms with Gasteiger partial charge in [0, 0.05) is 24.1 Å². The minimum atomic E-state index is -2.81. The topological polar surface area (TPSA) is 37.4 Å². The second kappa shape index (κ2) is 5.55. The molecule has 0 aromatic heterocycles. The van der Waals surface area contributed by atoms with Gasteiger partial charge in [0.2, 0.25) is 0 Å². The van der Waals surface area contributed by atoms with Gasteiger partial charge >= 0.3 is 0 Å². The molecule has 0 spiro atoms. The molecule has 0 aliphatic heterocycles. The van der Waals surface area contributed by atoms with Crippen LogP contribution in [0.5, 0.6) is 0 Å². The molecular formula is C10H21NO2S2. The highest BCUT2D eigenvalue weighted by Crippen LogP contribution is 2.30. The van der Waals surface area contributed by atoms with Crippen LogP contribution < -0.4 is 0 Å². The number of sulfone groups is 1. The van der Waals surface area contributed by atoms with Crippen LogP contribution >= 0.6 is 11.8 Å². The molecule has 0 bridgehead atoms. The summed E-state index contributed by atoms with van der Waals surface area (Å²) in [6.45, 7) is 0.671. The van der Waals surface area contributed by atoms with Crippen LogP contribution in [0.1, 0.15) is 19.3 Å². The van der Waals surface area contributed by atoms with E-state index in [2.05, 4.69) is 11.2 Å². The predicted molar refractivity (Wildman–Crippen MR) is 67.3 cm³/mol. The highest BCUT2D eigenvalue weighted by molar-refractivity contribution is 7.99. The molecule has 1 aliphatic rings. The summed E-state index contributed by atoms with van der Waals surface area (Å²) in [6, 6.07) is 0.587. The molecule has 3 nitrogen and oxygen atoms in total. The van der Waals surface area contributed by atoms with Crippen molar-refractivity contribution in [3.05, 3.63) is 0 Å². The van der Waals surface area contributed by atoms with Crippen molar-refractivity contribution in [2.24, 2.45) is 0 Å². The summed E-state index contributed by atoms with van der Waals surface area (Å²) in [5.74, 6) is 0.282. The first-order valence-corrected chi connectivity index (χ1v) is 8.68. The number of hydrogen-bond acceptors (Lipinski definition) is 4. The van der Waals surface area contributed by atoms with Gasteiger partial charge in [-0.3, -0.25) is 0 Å². The molecule has 1 fully saturated rings. The maximum Gasteiger partial charge on any atom is 0.148 e. The van der Waals surface area contributed by atoms with Gasteiger partial charge in [-0.1, -0.05) is 0 Å². The van der Waals surface area contributed by atoms with Crippen LogP contribution in [0.4, 0.5) is 0 Å². The normalized spacial score (nSPS) is 27.5. The molecule has 0 N–H and O–H groups in total. The second-order valence-corrected chi connectivity index (χ2v) is 7.83. The first kappa shape index (κ1) is 13.3. The zero-order chi connectivity index (χ0) is 11.5. The van der Waals surface area contributed by atoms with Gasteiger partial charge in [-0.2, -0.15) is 11.8 Å². The fourth-order valence-corrected chi connectivity index (χ4v) is 3.43. The van der Waals surface area contributed by atoms with Crippen LogP contribution in [0.3, 0.4) is 0 Å². The predicted octanol–water partition coefficient (Wildman–Crippen LogP) is 1.25. The molecule has 2 atom stereocenters. The van der Waals surface area contributed by atoms with E-state index in [9.17, 15) is 8.42 Å². The first-order valence-electron chi connectivity index (χ1n) is 5.33. The molecule has 0 aromatic carbocycles. The van der Waals surface area contributed by atoms with Crippen molar-refractivity contribution >= 4 is 21.6 Å². The van der Waals surface area contributed by atoms with Crippen LogP contribution in [0.15, 0.2) is 0 Å². The van der Waals surface area contributed by atoms with E-state index in [0.29, 0.717) is 12.6 Å². The van der Waals surface area contributed by atoms with Gasteiger partial charge in [0.05, 0.1) is 5.75 Å². The molecule has 0 amide bonds. The molecule has 90 valence electrons. The van der Waals surface area contributed by atoms with E-state index in [1.54, 1.807) is 0 Å². The third kappa shape index (κ3) is 4.74. The highest BCUT2D eigenvalue weighted by atomic mass is 32.2. The summed E-state index contributed by atoms with van der Waals surface area (Å²) < 4.78 is 22.1. The van der Waals surface area contributed by atoms with E-state index in [-0.39, 0.29) is 5.75 Å². The SMILES string of the molecule is CS[C@@H]1CC[C@@H](N(C)CCS(C)(=O)=O)C1. The number of nitrogens with zero attached hydrogens (tertiary/aromatic N) is 1. The average Bonchev–Trinajstić information content (AvgIpc) is 2.61. The molecular weight excluding hydrogens is 230 g/mol. The summed E-state index contributed by atoms with van der Waals surface area (Å²) in [6.07, 6.45) is 7.16. The van der Waals surface area contributed by atoms with Gasteiger partial charge in [0.25, 0.3) is 0 Å². The lowest BCUT2D eigenvalue weighted by molar-refractivity contribution is 0.259. The van der Waals surface area contributed by atoms with Crippen molar-refractivity contribution in [1.82, 2.24) is 4.90 Å². The lowest BCUT2D eigenvalue weighted by atomic mass is 10.2. The molecule has 5 heteroatoms. The molecule has 0 unspecified atom stereocenters. The van der Waals surface area contributed by atoms with E-state index >= 15 is 0 Å². The van der Waals surface area contributed by atoms with Crippen molar-refractivity contribution in [1.29, 1.82) is 0 Å². The highest BCUT2D eigenvalue weighted by Gasteiger charge is 2.26. The zero-order valence-corrected chi connectivity index (χ0v) is 11.4. The fraction of sp³-hybridized carbons (Fsp3) is 1.00.